The summed E-state index contributed by atoms with van der Waals surface area (Å²) in [4.78, 5) is 24.9. The van der Waals surface area contributed by atoms with Gasteiger partial charge < -0.3 is 15.1 Å². The van der Waals surface area contributed by atoms with Crippen molar-refractivity contribution >= 4 is 17.7 Å². The van der Waals surface area contributed by atoms with Crippen LogP contribution in [0.4, 0.5) is 11.8 Å². The molecule has 2 aromatic heterocycles. The van der Waals surface area contributed by atoms with E-state index in [9.17, 15) is 4.79 Å². The van der Waals surface area contributed by atoms with Crippen molar-refractivity contribution in [3.63, 3.8) is 0 Å². The molecule has 3 rings (SSSR count). The lowest BCUT2D eigenvalue weighted by Crippen LogP contribution is -2.47. The van der Waals surface area contributed by atoms with Gasteiger partial charge in [0.05, 0.1) is 0 Å². The Hall–Kier alpha value is -2.77. The quantitative estimate of drug-likeness (QED) is 0.753. The number of aromatic nitrogens is 4. The summed E-state index contributed by atoms with van der Waals surface area (Å²) in [6.07, 6.45) is 6.75. The van der Waals surface area contributed by atoms with Crippen LogP contribution in [0, 0.1) is 0 Å². The van der Waals surface area contributed by atoms with Crippen LogP contribution in [0.5, 0.6) is 0 Å². The van der Waals surface area contributed by atoms with Gasteiger partial charge >= 0.3 is 0 Å². The number of carbonyl (C=O) groups is 1. The highest BCUT2D eigenvalue weighted by molar-refractivity contribution is 5.92. The number of hydrogen-bond acceptors (Lipinski definition) is 7. The second-order valence-electron chi connectivity index (χ2n) is 6.26. The molecule has 138 valence electrons. The predicted molar refractivity (Wildman–Crippen MR) is 100 cm³/mol. The highest BCUT2D eigenvalue weighted by Crippen LogP contribution is 2.15. The van der Waals surface area contributed by atoms with E-state index in [4.69, 9.17) is 0 Å². The van der Waals surface area contributed by atoms with Crippen LogP contribution in [0.25, 0.3) is 0 Å². The first kappa shape index (κ1) is 18.0. The van der Waals surface area contributed by atoms with Gasteiger partial charge in [-0.15, -0.1) is 10.2 Å². The molecule has 1 amide bonds. The van der Waals surface area contributed by atoms with Crippen LogP contribution in [0.2, 0.25) is 0 Å². The van der Waals surface area contributed by atoms with Gasteiger partial charge in [0.2, 0.25) is 5.95 Å². The van der Waals surface area contributed by atoms with Crippen LogP contribution >= 0.6 is 0 Å². The molecule has 0 atom stereocenters. The first-order valence-corrected chi connectivity index (χ1v) is 9.17. The Balaban J connectivity index is 1.51. The molecule has 0 spiro atoms. The number of carbonyl (C=O) groups excluding carboxylic acids is 1. The van der Waals surface area contributed by atoms with Gasteiger partial charge in [-0.05, 0) is 24.6 Å². The fraction of sp³-hybridized carbons (Fsp3) is 0.500. The minimum absolute atomic E-state index is 0.161. The van der Waals surface area contributed by atoms with Crippen LogP contribution in [0.3, 0.4) is 0 Å². The first-order valence-electron chi connectivity index (χ1n) is 9.17. The van der Waals surface area contributed by atoms with Crippen molar-refractivity contribution in [3.05, 3.63) is 36.3 Å². The van der Waals surface area contributed by atoms with Gasteiger partial charge in [-0.25, -0.2) is 9.97 Å². The maximum absolute atomic E-state index is 12.0. The van der Waals surface area contributed by atoms with Gasteiger partial charge in [-0.2, -0.15) is 0 Å². The van der Waals surface area contributed by atoms with E-state index in [-0.39, 0.29) is 5.91 Å². The van der Waals surface area contributed by atoms with Crippen LogP contribution in [0.1, 0.15) is 36.7 Å². The van der Waals surface area contributed by atoms with Crippen molar-refractivity contribution in [2.45, 2.75) is 26.2 Å². The molecule has 3 heterocycles. The second kappa shape index (κ2) is 9.07. The van der Waals surface area contributed by atoms with E-state index >= 15 is 0 Å². The molecule has 0 aliphatic carbocycles. The average Bonchev–Trinajstić information content (AvgIpc) is 2.72. The summed E-state index contributed by atoms with van der Waals surface area (Å²) in [6, 6.07) is 5.42. The lowest BCUT2D eigenvalue weighted by Gasteiger charge is -2.35. The van der Waals surface area contributed by atoms with Gasteiger partial charge in [0.1, 0.15) is 0 Å². The van der Waals surface area contributed by atoms with Gasteiger partial charge in [-0.3, -0.25) is 4.79 Å². The molecular formula is C18H25N7O. The van der Waals surface area contributed by atoms with Crippen molar-refractivity contribution in [2.75, 3.05) is 42.5 Å². The molecule has 0 radical (unpaired) electrons. The normalized spacial score (nSPS) is 14.3. The van der Waals surface area contributed by atoms with Crippen molar-refractivity contribution in [1.29, 1.82) is 0 Å². The zero-order valence-electron chi connectivity index (χ0n) is 15.1. The number of anilines is 2. The van der Waals surface area contributed by atoms with Crippen LogP contribution in [0.15, 0.2) is 30.6 Å². The summed E-state index contributed by atoms with van der Waals surface area (Å²) in [7, 11) is 0. The van der Waals surface area contributed by atoms with E-state index in [0.717, 1.165) is 57.2 Å². The fourth-order valence-electron chi connectivity index (χ4n) is 2.87. The van der Waals surface area contributed by atoms with E-state index in [2.05, 4.69) is 42.2 Å². The molecule has 0 unspecified atom stereocenters. The maximum Gasteiger partial charge on any atom is 0.271 e. The van der Waals surface area contributed by atoms with Crippen molar-refractivity contribution in [2.24, 2.45) is 0 Å². The number of nitrogens with one attached hydrogen (secondary N) is 1. The topological polar surface area (TPSA) is 87.1 Å². The average molecular weight is 355 g/mol. The Bertz CT molecular complexity index is 684. The summed E-state index contributed by atoms with van der Waals surface area (Å²) in [5.41, 5.74) is 0.363. The molecule has 1 N–H and O–H groups in total. The largest absolute Gasteiger partial charge is 0.352 e. The van der Waals surface area contributed by atoms with E-state index in [1.807, 2.05) is 12.1 Å². The van der Waals surface area contributed by atoms with Crippen molar-refractivity contribution < 1.29 is 4.79 Å². The molecule has 1 aliphatic heterocycles. The minimum Gasteiger partial charge on any atom is -0.352 e. The zero-order chi connectivity index (χ0) is 18.2. The number of piperazine rings is 1. The highest BCUT2D eigenvalue weighted by atomic mass is 16.1. The number of amides is 1. The Morgan fingerprint density at radius 1 is 1.04 bits per heavy atom. The molecule has 0 saturated carbocycles. The summed E-state index contributed by atoms with van der Waals surface area (Å²) >= 11 is 0. The molecule has 1 aliphatic rings. The first-order chi connectivity index (χ1) is 12.8. The number of unbranched alkanes of at least 4 members (excludes halogenated alkanes) is 2. The predicted octanol–water partition coefficient (Wildman–Crippen LogP) is 1.51. The summed E-state index contributed by atoms with van der Waals surface area (Å²) < 4.78 is 0. The fourth-order valence-corrected chi connectivity index (χ4v) is 2.87. The number of nitrogens with zero attached hydrogens (tertiary/aromatic N) is 6. The minimum atomic E-state index is -0.161. The van der Waals surface area contributed by atoms with Crippen molar-refractivity contribution in [1.82, 2.24) is 25.5 Å². The number of hydrogen-bond donors (Lipinski definition) is 1. The molecule has 1 fully saturated rings. The standard InChI is InChI=1S/C18H25N7O/c1-2-3-4-8-19-17(26)15-6-7-16(23-22-15)24-11-13-25(14-12-24)18-20-9-5-10-21-18/h5-7,9-10H,2-4,8,11-14H2,1H3,(H,19,26). The number of rotatable bonds is 7. The third-order valence-electron chi connectivity index (χ3n) is 4.39. The van der Waals surface area contributed by atoms with Gasteiger partial charge in [0.15, 0.2) is 11.5 Å². The van der Waals surface area contributed by atoms with Crippen LogP contribution in [-0.4, -0.2) is 58.8 Å². The summed E-state index contributed by atoms with van der Waals surface area (Å²) in [6.45, 7) is 6.10. The van der Waals surface area contributed by atoms with Crippen molar-refractivity contribution in [3.8, 4) is 0 Å². The molecule has 8 heteroatoms. The Labute approximate surface area is 153 Å². The molecule has 2 aromatic rings. The monoisotopic (exact) mass is 355 g/mol. The Morgan fingerprint density at radius 2 is 1.77 bits per heavy atom. The second-order valence-corrected chi connectivity index (χ2v) is 6.26. The van der Waals surface area contributed by atoms with Gasteiger partial charge in [-0.1, -0.05) is 19.8 Å². The van der Waals surface area contributed by atoms with Crippen LogP contribution in [-0.2, 0) is 0 Å². The van der Waals surface area contributed by atoms with E-state index in [1.54, 1.807) is 18.5 Å². The highest BCUT2D eigenvalue weighted by Gasteiger charge is 2.20. The maximum atomic E-state index is 12.0. The lowest BCUT2D eigenvalue weighted by atomic mass is 10.2. The molecule has 26 heavy (non-hydrogen) atoms. The molecular weight excluding hydrogens is 330 g/mol. The van der Waals surface area contributed by atoms with Gasteiger partial charge in [0, 0.05) is 45.1 Å². The molecule has 0 aromatic carbocycles. The summed E-state index contributed by atoms with van der Waals surface area (Å²) in [5.74, 6) is 1.39. The Morgan fingerprint density at radius 3 is 2.42 bits per heavy atom. The van der Waals surface area contributed by atoms with E-state index < -0.39 is 0 Å². The zero-order valence-corrected chi connectivity index (χ0v) is 15.1. The third kappa shape index (κ3) is 4.65. The third-order valence-corrected chi connectivity index (χ3v) is 4.39. The summed E-state index contributed by atoms with van der Waals surface area (Å²) in [5, 5.41) is 11.2. The molecule has 0 bridgehead atoms. The van der Waals surface area contributed by atoms with E-state index in [0.29, 0.717) is 12.2 Å². The SMILES string of the molecule is CCCCCNC(=O)c1ccc(N2CCN(c3ncccn3)CC2)nn1. The Kier molecular flexibility index (Phi) is 6.29. The van der Waals surface area contributed by atoms with Gasteiger partial charge in [0.25, 0.3) is 5.91 Å². The smallest absolute Gasteiger partial charge is 0.271 e. The lowest BCUT2D eigenvalue weighted by molar-refractivity contribution is 0.0947. The van der Waals surface area contributed by atoms with Crippen LogP contribution < -0.4 is 15.1 Å². The molecule has 8 nitrogen and oxygen atoms in total. The molecule has 1 saturated heterocycles. The van der Waals surface area contributed by atoms with E-state index in [1.165, 1.54) is 0 Å².